The normalized spacial score (nSPS) is 16.0. The summed E-state index contributed by atoms with van der Waals surface area (Å²) in [6.07, 6.45) is 6.53. The van der Waals surface area contributed by atoms with Gasteiger partial charge in [0, 0.05) is 17.1 Å². The molecule has 2 saturated carbocycles. The second kappa shape index (κ2) is 9.19. The Balaban J connectivity index is 1.45. The van der Waals surface area contributed by atoms with Crippen LogP contribution in [0.2, 0.25) is 0 Å². The summed E-state index contributed by atoms with van der Waals surface area (Å²) in [5.74, 6) is 1.29. The van der Waals surface area contributed by atoms with Crippen LogP contribution in [0.5, 0.6) is 5.75 Å². The Kier molecular flexibility index (Phi) is 5.95. The number of amides is 1. The van der Waals surface area contributed by atoms with Crippen LogP contribution in [0.3, 0.4) is 0 Å². The number of carbonyl (C=O) groups is 1. The molecule has 0 atom stereocenters. The Hall–Kier alpha value is -3.46. The summed E-state index contributed by atoms with van der Waals surface area (Å²) >= 11 is 0. The Bertz CT molecular complexity index is 1200. The van der Waals surface area contributed by atoms with Gasteiger partial charge in [-0.15, -0.1) is 0 Å². The maximum absolute atomic E-state index is 12.1. The Morgan fingerprint density at radius 3 is 2.48 bits per heavy atom. The fourth-order valence-electron chi connectivity index (χ4n) is 4.69. The molecule has 5 rings (SSSR count). The molecule has 1 amide bonds. The van der Waals surface area contributed by atoms with Crippen LogP contribution in [0, 0.1) is 17.2 Å². The van der Waals surface area contributed by atoms with Crippen molar-refractivity contribution >= 4 is 22.7 Å². The van der Waals surface area contributed by atoms with Crippen molar-refractivity contribution < 1.29 is 14.3 Å². The van der Waals surface area contributed by atoms with E-state index in [0.717, 1.165) is 53.6 Å². The third-order valence-electron chi connectivity index (χ3n) is 6.92. The molecule has 0 radical (unpaired) electrons. The molecule has 6 heteroatoms. The molecule has 0 saturated heterocycles. The zero-order valence-corrected chi connectivity index (χ0v) is 19.0. The van der Waals surface area contributed by atoms with Gasteiger partial charge in [-0.25, -0.2) is 4.79 Å². The van der Waals surface area contributed by atoms with Crippen molar-refractivity contribution in [3.8, 4) is 23.1 Å². The maximum Gasteiger partial charge on any atom is 0.411 e. The van der Waals surface area contributed by atoms with E-state index in [1.54, 1.807) is 0 Å². The van der Waals surface area contributed by atoms with Crippen molar-refractivity contribution in [2.75, 3.05) is 18.5 Å². The molecule has 1 N–H and O–H groups in total. The Morgan fingerprint density at radius 1 is 1.12 bits per heavy atom. The first kappa shape index (κ1) is 21.4. The van der Waals surface area contributed by atoms with Crippen LogP contribution >= 0.6 is 0 Å². The molecule has 170 valence electrons. The van der Waals surface area contributed by atoms with Crippen LogP contribution in [-0.2, 0) is 4.74 Å². The predicted molar refractivity (Wildman–Crippen MR) is 128 cm³/mol. The van der Waals surface area contributed by atoms with Gasteiger partial charge in [0.15, 0.2) is 0 Å². The van der Waals surface area contributed by atoms with Crippen LogP contribution in [0.4, 0.5) is 10.5 Å². The molecule has 2 fully saturated rings. The lowest BCUT2D eigenvalue weighted by Crippen LogP contribution is -2.22. The summed E-state index contributed by atoms with van der Waals surface area (Å²) in [5, 5.41) is 13.8. The van der Waals surface area contributed by atoms with Crippen molar-refractivity contribution in [2.24, 2.45) is 5.92 Å². The van der Waals surface area contributed by atoms with Crippen molar-refractivity contribution in [2.45, 2.75) is 51.5 Å². The second-order valence-corrected chi connectivity index (χ2v) is 9.00. The number of hydrogen-bond donors (Lipinski definition) is 1. The molecule has 0 bridgehead atoms. The van der Waals surface area contributed by atoms with Gasteiger partial charge in [0.2, 0.25) is 0 Å². The van der Waals surface area contributed by atoms with Gasteiger partial charge in [-0.1, -0.05) is 18.6 Å². The standard InChI is InChI=1S/C27H29N3O3/c1-2-32-22-13-14-25-23(15-22)24(16-28)26(30(25)21-7-4-8-21)19-9-11-20(12-10-19)29-27(31)33-17-18-5-3-6-18/h9-15,18,21H,2-8,17H2,1H3,(H,29,31). The fourth-order valence-corrected chi connectivity index (χ4v) is 4.69. The monoisotopic (exact) mass is 443 g/mol. The van der Waals surface area contributed by atoms with E-state index in [-0.39, 0.29) is 0 Å². The number of rotatable bonds is 7. The third-order valence-corrected chi connectivity index (χ3v) is 6.92. The number of ether oxygens (including phenoxy) is 2. The molecular weight excluding hydrogens is 414 g/mol. The number of carbonyl (C=O) groups excluding carboxylic acids is 1. The quantitative estimate of drug-likeness (QED) is 0.443. The van der Waals surface area contributed by atoms with Gasteiger partial charge in [0.25, 0.3) is 0 Å². The second-order valence-electron chi connectivity index (χ2n) is 9.00. The molecule has 0 spiro atoms. The van der Waals surface area contributed by atoms with Gasteiger partial charge in [-0.3, -0.25) is 5.32 Å². The summed E-state index contributed by atoms with van der Waals surface area (Å²) in [4.78, 5) is 12.1. The number of nitrogens with zero attached hydrogens (tertiary/aromatic N) is 2. The summed E-state index contributed by atoms with van der Waals surface area (Å²) < 4.78 is 13.4. The highest BCUT2D eigenvalue weighted by molar-refractivity contribution is 5.96. The molecule has 3 aromatic rings. The topological polar surface area (TPSA) is 76.3 Å². The molecule has 2 aliphatic carbocycles. The molecule has 0 unspecified atom stereocenters. The first-order valence-electron chi connectivity index (χ1n) is 11.9. The van der Waals surface area contributed by atoms with Crippen molar-refractivity contribution in [3.05, 3.63) is 48.0 Å². The number of nitriles is 1. The van der Waals surface area contributed by atoms with Crippen molar-refractivity contribution in [1.29, 1.82) is 5.26 Å². The molecule has 33 heavy (non-hydrogen) atoms. The largest absolute Gasteiger partial charge is 0.494 e. The molecule has 1 heterocycles. The predicted octanol–water partition coefficient (Wildman–Crippen LogP) is 6.65. The minimum atomic E-state index is -0.417. The van der Waals surface area contributed by atoms with E-state index in [0.29, 0.717) is 36.4 Å². The van der Waals surface area contributed by atoms with E-state index in [2.05, 4.69) is 22.0 Å². The minimum absolute atomic E-state index is 0.391. The van der Waals surface area contributed by atoms with Gasteiger partial charge in [0.1, 0.15) is 11.8 Å². The SMILES string of the molecule is CCOc1ccc2c(c1)c(C#N)c(-c1ccc(NC(=O)OCC3CCC3)cc1)n2C1CCC1. The molecule has 1 aromatic heterocycles. The van der Waals surface area contributed by atoms with Gasteiger partial charge in [-0.2, -0.15) is 5.26 Å². The van der Waals surface area contributed by atoms with Crippen LogP contribution in [-0.4, -0.2) is 23.9 Å². The zero-order chi connectivity index (χ0) is 22.8. The van der Waals surface area contributed by atoms with Crippen molar-refractivity contribution in [1.82, 2.24) is 4.57 Å². The van der Waals surface area contributed by atoms with Crippen LogP contribution in [0.25, 0.3) is 22.2 Å². The van der Waals surface area contributed by atoms with Gasteiger partial charge in [-0.05, 0) is 80.8 Å². The number of anilines is 1. The van der Waals surface area contributed by atoms with E-state index >= 15 is 0 Å². The Morgan fingerprint density at radius 2 is 1.88 bits per heavy atom. The summed E-state index contributed by atoms with van der Waals surface area (Å²) in [6, 6.07) is 16.5. The number of nitrogens with one attached hydrogen (secondary N) is 1. The van der Waals surface area contributed by atoms with E-state index in [4.69, 9.17) is 9.47 Å². The van der Waals surface area contributed by atoms with E-state index in [1.807, 2.05) is 43.3 Å². The fraction of sp³-hybridized carbons (Fsp3) is 0.407. The number of fused-ring (bicyclic) bond motifs is 1. The molecule has 2 aliphatic rings. The smallest absolute Gasteiger partial charge is 0.411 e. The summed E-state index contributed by atoms with van der Waals surface area (Å²) in [6.45, 7) is 3.03. The van der Waals surface area contributed by atoms with E-state index in [1.165, 1.54) is 12.8 Å². The van der Waals surface area contributed by atoms with Gasteiger partial charge in [0.05, 0.1) is 30.0 Å². The van der Waals surface area contributed by atoms with Crippen molar-refractivity contribution in [3.63, 3.8) is 0 Å². The highest BCUT2D eigenvalue weighted by atomic mass is 16.5. The Labute approximate surface area is 194 Å². The van der Waals surface area contributed by atoms with Crippen LogP contribution in [0.15, 0.2) is 42.5 Å². The summed E-state index contributed by atoms with van der Waals surface area (Å²) in [5.41, 5.74) is 4.31. The minimum Gasteiger partial charge on any atom is -0.494 e. The van der Waals surface area contributed by atoms with Crippen LogP contribution < -0.4 is 10.1 Å². The van der Waals surface area contributed by atoms with E-state index in [9.17, 15) is 10.1 Å². The highest BCUT2D eigenvalue weighted by Crippen LogP contribution is 2.43. The molecular formula is C27H29N3O3. The number of hydrogen-bond acceptors (Lipinski definition) is 4. The third kappa shape index (κ3) is 4.16. The summed E-state index contributed by atoms with van der Waals surface area (Å²) in [7, 11) is 0. The lowest BCUT2D eigenvalue weighted by Gasteiger charge is -2.30. The van der Waals surface area contributed by atoms with E-state index < -0.39 is 6.09 Å². The lowest BCUT2D eigenvalue weighted by atomic mass is 9.86. The number of benzene rings is 2. The first-order chi connectivity index (χ1) is 16.2. The van der Waals surface area contributed by atoms with Gasteiger partial charge < -0.3 is 14.0 Å². The average Bonchev–Trinajstić information content (AvgIpc) is 3.05. The molecule has 6 nitrogen and oxygen atoms in total. The van der Waals surface area contributed by atoms with Gasteiger partial charge >= 0.3 is 6.09 Å². The molecule has 0 aliphatic heterocycles. The maximum atomic E-state index is 12.1. The zero-order valence-electron chi connectivity index (χ0n) is 19.0. The lowest BCUT2D eigenvalue weighted by molar-refractivity contribution is 0.115. The van der Waals surface area contributed by atoms with Crippen LogP contribution in [0.1, 0.15) is 57.1 Å². The highest BCUT2D eigenvalue weighted by Gasteiger charge is 2.28. The average molecular weight is 444 g/mol. The first-order valence-corrected chi connectivity index (χ1v) is 11.9. The molecule has 2 aromatic carbocycles. The number of aromatic nitrogens is 1.